The van der Waals surface area contributed by atoms with Gasteiger partial charge in [0, 0.05) is 17.7 Å². The van der Waals surface area contributed by atoms with Gasteiger partial charge in [0.1, 0.15) is 5.75 Å². The van der Waals surface area contributed by atoms with E-state index < -0.39 is 6.10 Å². The van der Waals surface area contributed by atoms with E-state index in [0.29, 0.717) is 29.2 Å². The van der Waals surface area contributed by atoms with Gasteiger partial charge in [-0.05, 0) is 17.9 Å². The monoisotopic (exact) mass is 297 g/mol. The highest BCUT2D eigenvalue weighted by Crippen LogP contribution is 2.39. The molecule has 0 aliphatic carbocycles. The lowest BCUT2D eigenvalue weighted by molar-refractivity contribution is 0.130. The number of benzene rings is 1. The van der Waals surface area contributed by atoms with E-state index >= 15 is 0 Å². The Morgan fingerprint density at radius 1 is 1.00 bits per heavy atom. The number of hydrogen-bond acceptors (Lipinski definition) is 5. The van der Waals surface area contributed by atoms with Crippen molar-refractivity contribution in [3.63, 3.8) is 0 Å². The molecular formula is C16H27NO4. The Morgan fingerprint density at radius 2 is 1.48 bits per heavy atom. The summed E-state index contributed by atoms with van der Waals surface area (Å²) in [5, 5.41) is 10.5. The normalized spacial score (nSPS) is 14.5. The molecule has 0 radical (unpaired) electrons. The standard InChI is InChI=1S/C16H27NO4/c1-16(2,3)15(17)8-11(18)10-7-13(20-5)14(21-6)9-12(10)19-4/h7,9,11,15,18H,8,17H2,1-6H3/t11-,15-/m1/s1. The van der Waals surface area contributed by atoms with Gasteiger partial charge in [0.25, 0.3) is 0 Å². The predicted octanol–water partition coefficient (Wildman–Crippen LogP) is 2.51. The van der Waals surface area contributed by atoms with Crippen molar-refractivity contribution in [1.82, 2.24) is 0 Å². The van der Waals surface area contributed by atoms with Gasteiger partial charge in [0.15, 0.2) is 11.5 Å². The van der Waals surface area contributed by atoms with Gasteiger partial charge >= 0.3 is 0 Å². The molecular weight excluding hydrogens is 270 g/mol. The predicted molar refractivity (Wildman–Crippen MR) is 83.1 cm³/mol. The van der Waals surface area contributed by atoms with Crippen molar-refractivity contribution in [2.24, 2.45) is 11.1 Å². The van der Waals surface area contributed by atoms with E-state index in [9.17, 15) is 5.11 Å². The van der Waals surface area contributed by atoms with Crippen molar-refractivity contribution in [3.8, 4) is 17.2 Å². The van der Waals surface area contributed by atoms with Crippen LogP contribution in [0.15, 0.2) is 12.1 Å². The molecule has 0 saturated heterocycles. The Balaban J connectivity index is 3.10. The average Bonchev–Trinajstić information content (AvgIpc) is 2.44. The second-order valence-corrected chi connectivity index (χ2v) is 6.17. The molecule has 0 aliphatic heterocycles. The van der Waals surface area contributed by atoms with Gasteiger partial charge in [-0.3, -0.25) is 0 Å². The van der Waals surface area contributed by atoms with Crippen LogP contribution in [0.25, 0.3) is 0 Å². The second-order valence-electron chi connectivity index (χ2n) is 6.17. The van der Waals surface area contributed by atoms with Crippen LogP contribution in [0.3, 0.4) is 0 Å². The Labute approximate surface area is 127 Å². The summed E-state index contributed by atoms with van der Waals surface area (Å²) in [7, 11) is 4.67. The van der Waals surface area contributed by atoms with Crippen LogP contribution in [0.1, 0.15) is 38.9 Å². The summed E-state index contributed by atoms with van der Waals surface area (Å²) < 4.78 is 15.9. The molecule has 1 aromatic carbocycles. The smallest absolute Gasteiger partial charge is 0.164 e. The van der Waals surface area contributed by atoms with E-state index in [4.69, 9.17) is 19.9 Å². The molecule has 0 amide bonds. The first-order valence-electron chi connectivity index (χ1n) is 6.98. The van der Waals surface area contributed by atoms with E-state index in [2.05, 4.69) is 20.8 Å². The van der Waals surface area contributed by atoms with Gasteiger partial charge in [0.2, 0.25) is 0 Å². The summed E-state index contributed by atoms with van der Waals surface area (Å²) in [6, 6.07) is 3.31. The Bertz CT molecular complexity index is 468. The number of aliphatic hydroxyl groups is 1. The van der Waals surface area contributed by atoms with Crippen LogP contribution >= 0.6 is 0 Å². The van der Waals surface area contributed by atoms with Crippen molar-refractivity contribution in [2.45, 2.75) is 39.3 Å². The van der Waals surface area contributed by atoms with Crippen LogP contribution in [0.4, 0.5) is 0 Å². The van der Waals surface area contributed by atoms with Crippen molar-refractivity contribution in [3.05, 3.63) is 17.7 Å². The molecule has 5 nitrogen and oxygen atoms in total. The minimum absolute atomic E-state index is 0.0786. The summed E-state index contributed by atoms with van der Waals surface area (Å²) >= 11 is 0. The molecule has 120 valence electrons. The van der Waals surface area contributed by atoms with E-state index in [1.54, 1.807) is 33.5 Å². The molecule has 0 fully saturated rings. The molecule has 0 aliphatic rings. The minimum atomic E-state index is -0.728. The maximum Gasteiger partial charge on any atom is 0.164 e. The molecule has 0 saturated carbocycles. The average molecular weight is 297 g/mol. The maximum atomic E-state index is 10.5. The maximum absolute atomic E-state index is 10.5. The van der Waals surface area contributed by atoms with Crippen molar-refractivity contribution in [2.75, 3.05) is 21.3 Å². The molecule has 3 N–H and O–H groups in total. The van der Waals surface area contributed by atoms with E-state index in [0.717, 1.165) is 0 Å². The first kappa shape index (κ1) is 17.6. The Morgan fingerprint density at radius 3 is 1.90 bits per heavy atom. The van der Waals surface area contributed by atoms with Crippen LogP contribution in [0.5, 0.6) is 17.2 Å². The number of rotatable bonds is 6. The van der Waals surface area contributed by atoms with Crippen LogP contribution in [0.2, 0.25) is 0 Å². The third kappa shape index (κ3) is 4.25. The summed E-state index contributed by atoms with van der Waals surface area (Å²) in [5.74, 6) is 1.67. The van der Waals surface area contributed by atoms with Crippen molar-refractivity contribution >= 4 is 0 Å². The zero-order chi connectivity index (χ0) is 16.2. The third-order valence-electron chi connectivity index (χ3n) is 3.68. The van der Waals surface area contributed by atoms with Crippen molar-refractivity contribution in [1.29, 1.82) is 0 Å². The fourth-order valence-corrected chi connectivity index (χ4v) is 2.03. The van der Waals surface area contributed by atoms with E-state index in [1.807, 2.05) is 0 Å². The molecule has 0 unspecified atom stereocenters. The van der Waals surface area contributed by atoms with Crippen LogP contribution in [-0.4, -0.2) is 32.5 Å². The Hall–Kier alpha value is -1.46. The lowest BCUT2D eigenvalue weighted by Crippen LogP contribution is -2.36. The highest BCUT2D eigenvalue weighted by atomic mass is 16.5. The summed E-state index contributed by atoms with van der Waals surface area (Å²) in [6.45, 7) is 6.16. The van der Waals surface area contributed by atoms with Crippen LogP contribution < -0.4 is 19.9 Å². The highest BCUT2D eigenvalue weighted by Gasteiger charge is 2.26. The summed E-state index contributed by atoms with van der Waals surface area (Å²) in [6.07, 6.45) is -0.288. The topological polar surface area (TPSA) is 73.9 Å². The van der Waals surface area contributed by atoms with Gasteiger partial charge in [-0.15, -0.1) is 0 Å². The largest absolute Gasteiger partial charge is 0.496 e. The Kier molecular flexibility index (Phi) is 5.87. The number of methoxy groups -OCH3 is 3. The number of nitrogens with two attached hydrogens (primary N) is 1. The van der Waals surface area contributed by atoms with Crippen LogP contribution in [0, 0.1) is 5.41 Å². The minimum Gasteiger partial charge on any atom is -0.496 e. The van der Waals surface area contributed by atoms with Gasteiger partial charge in [-0.2, -0.15) is 0 Å². The molecule has 0 bridgehead atoms. The van der Waals surface area contributed by atoms with E-state index in [1.165, 1.54) is 0 Å². The fourth-order valence-electron chi connectivity index (χ4n) is 2.03. The lowest BCUT2D eigenvalue weighted by Gasteiger charge is -2.29. The van der Waals surface area contributed by atoms with Gasteiger partial charge in [-0.1, -0.05) is 20.8 Å². The molecule has 0 aromatic heterocycles. The van der Waals surface area contributed by atoms with Gasteiger partial charge in [-0.25, -0.2) is 0 Å². The lowest BCUT2D eigenvalue weighted by atomic mass is 9.83. The molecule has 5 heteroatoms. The zero-order valence-electron chi connectivity index (χ0n) is 13.8. The molecule has 0 spiro atoms. The van der Waals surface area contributed by atoms with E-state index in [-0.39, 0.29) is 11.5 Å². The molecule has 1 aromatic rings. The SMILES string of the molecule is COc1cc(OC)c([C@H](O)C[C@@H](N)C(C)(C)C)cc1OC. The molecule has 2 atom stereocenters. The van der Waals surface area contributed by atoms with Gasteiger partial charge < -0.3 is 25.1 Å². The number of ether oxygens (including phenoxy) is 3. The number of hydrogen-bond donors (Lipinski definition) is 2. The quantitative estimate of drug-likeness (QED) is 0.844. The summed E-state index contributed by atoms with van der Waals surface area (Å²) in [5.41, 5.74) is 6.72. The molecule has 0 heterocycles. The second kappa shape index (κ2) is 7.00. The number of aliphatic hydroxyl groups excluding tert-OH is 1. The zero-order valence-corrected chi connectivity index (χ0v) is 13.8. The fraction of sp³-hybridized carbons (Fsp3) is 0.625. The highest BCUT2D eigenvalue weighted by molar-refractivity contribution is 5.51. The van der Waals surface area contributed by atoms with Crippen molar-refractivity contribution < 1.29 is 19.3 Å². The van der Waals surface area contributed by atoms with Crippen LogP contribution in [-0.2, 0) is 0 Å². The first-order valence-corrected chi connectivity index (χ1v) is 6.98. The third-order valence-corrected chi connectivity index (χ3v) is 3.68. The summed E-state index contributed by atoms with van der Waals surface area (Å²) in [4.78, 5) is 0. The van der Waals surface area contributed by atoms with Gasteiger partial charge in [0.05, 0.1) is 27.4 Å². The molecule has 1 rings (SSSR count). The first-order chi connectivity index (χ1) is 9.74. The molecule has 21 heavy (non-hydrogen) atoms.